The summed E-state index contributed by atoms with van der Waals surface area (Å²) in [5.74, 6) is 0.638. The average molecular weight is 262 g/mol. The predicted octanol–water partition coefficient (Wildman–Crippen LogP) is 2.00. The molecule has 19 heavy (non-hydrogen) atoms. The smallest absolute Gasteiger partial charge is 0.0665 e. The Balaban J connectivity index is 1.80. The summed E-state index contributed by atoms with van der Waals surface area (Å²) in [5.41, 5.74) is 6.89. The van der Waals surface area contributed by atoms with Crippen molar-refractivity contribution in [2.45, 2.75) is 38.3 Å². The third kappa shape index (κ3) is 4.94. The van der Waals surface area contributed by atoms with Gasteiger partial charge in [0.2, 0.25) is 0 Å². The van der Waals surface area contributed by atoms with E-state index < -0.39 is 0 Å². The number of rotatable bonds is 5. The molecule has 1 heterocycles. The van der Waals surface area contributed by atoms with Gasteiger partial charge in [0.15, 0.2) is 0 Å². The quantitative estimate of drug-likeness (QED) is 0.853. The Kier molecular flexibility index (Phi) is 5.83. The Morgan fingerprint density at radius 1 is 1.21 bits per heavy atom. The van der Waals surface area contributed by atoms with Gasteiger partial charge in [-0.3, -0.25) is 4.90 Å². The highest BCUT2D eigenvalue weighted by Crippen LogP contribution is 2.22. The lowest BCUT2D eigenvalue weighted by Gasteiger charge is -2.20. The largest absolute Gasteiger partial charge is 0.392 e. The van der Waals surface area contributed by atoms with E-state index in [4.69, 9.17) is 5.73 Å². The van der Waals surface area contributed by atoms with Gasteiger partial charge in [-0.15, -0.1) is 0 Å². The summed E-state index contributed by atoms with van der Waals surface area (Å²) in [6, 6.07) is 10.7. The molecule has 1 fully saturated rings. The van der Waals surface area contributed by atoms with Crippen LogP contribution in [0.25, 0.3) is 0 Å². The van der Waals surface area contributed by atoms with Gasteiger partial charge in [-0.05, 0) is 50.3 Å². The van der Waals surface area contributed by atoms with Crippen molar-refractivity contribution >= 4 is 0 Å². The summed E-state index contributed by atoms with van der Waals surface area (Å²) in [4.78, 5) is 2.53. The molecule has 2 rings (SSSR count). The monoisotopic (exact) mass is 262 g/mol. The van der Waals surface area contributed by atoms with Crippen LogP contribution in [0.5, 0.6) is 0 Å². The first kappa shape index (κ1) is 14.5. The molecule has 1 aliphatic rings. The van der Waals surface area contributed by atoms with E-state index >= 15 is 0 Å². The van der Waals surface area contributed by atoms with E-state index in [1.165, 1.54) is 31.4 Å². The molecule has 0 amide bonds. The van der Waals surface area contributed by atoms with E-state index in [0.29, 0.717) is 12.5 Å². The summed E-state index contributed by atoms with van der Waals surface area (Å²) in [6.45, 7) is 3.75. The van der Waals surface area contributed by atoms with Crippen molar-refractivity contribution in [3.8, 4) is 0 Å². The number of aliphatic hydroxyl groups is 1. The molecule has 0 radical (unpaired) electrons. The Labute approximate surface area is 116 Å². The van der Waals surface area contributed by atoms with E-state index in [1.807, 2.05) is 0 Å². The van der Waals surface area contributed by atoms with E-state index in [9.17, 15) is 5.11 Å². The van der Waals surface area contributed by atoms with Gasteiger partial charge in [0.05, 0.1) is 6.10 Å². The maximum Gasteiger partial charge on any atom is 0.0665 e. The third-order valence-corrected chi connectivity index (χ3v) is 4.07. The number of hydrogen-bond donors (Lipinski definition) is 2. The number of nitrogens with zero attached hydrogens (tertiary/aromatic N) is 1. The SMILES string of the molecule is NCC(O)CC1CCCN(Cc2ccccc2)CC1. The van der Waals surface area contributed by atoms with Crippen molar-refractivity contribution in [3.05, 3.63) is 35.9 Å². The van der Waals surface area contributed by atoms with Crippen molar-refractivity contribution in [2.75, 3.05) is 19.6 Å². The van der Waals surface area contributed by atoms with Gasteiger partial charge in [-0.25, -0.2) is 0 Å². The fourth-order valence-electron chi connectivity index (χ4n) is 2.94. The molecule has 1 saturated heterocycles. The van der Waals surface area contributed by atoms with Crippen LogP contribution in [0.1, 0.15) is 31.2 Å². The average Bonchev–Trinajstić information content (AvgIpc) is 2.65. The molecule has 3 N–H and O–H groups in total. The van der Waals surface area contributed by atoms with Gasteiger partial charge in [0, 0.05) is 13.1 Å². The molecular formula is C16H26N2O. The van der Waals surface area contributed by atoms with Crippen LogP contribution in [-0.2, 0) is 6.54 Å². The van der Waals surface area contributed by atoms with Crippen LogP contribution in [0, 0.1) is 5.92 Å². The molecular weight excluding hydrogens is 236 g/mol. The molecule has 1 aliphatic heterocycles. The minimum atomic E-state index is -0.314. The topological polar surface area (TPSA) is 49.5 Å². The molecule has 1 aromatic rings. The van der Waals surface area contributed by atoms with E-state index in [1.54, 1.807) is 0 Å². The minimum absolute atomic E-state index is 0.314. The highest BCUT2D eigenvalue weighted by molar-refractivity contribution is 5.14. The standard InChI is InChI=1S/C16H26N2O/c17-12-16(19)11-14-7-4-9-18(10-8-14)13-15-5-2-1-3-6-15/h1-3,5-6,14,16,19H,4,7-13,17H2. The fourth-order valence-corrected chi connectivity index (χ4v) is 2.94. The lowest BCUT2D eigenvalue weighted by molar-refractivity contribution is 0.144. The fraction of sp³-hybridized carbons (Fsp3) is 0.625. The van der Waals surface area contributed by atoms with Crippen LogP contribution in [0.3, 0.4) is 0 Å². The molecule has 3 heteroatoms. The lowest BCUT2D eigenvalue weighted by Crippen LogP contribution is -2.25. The summed E-state index contributed by atoms with van der Waals surface area (Å²) >= 11 is 0. The number of nitrogens with two attached hydrogens (primary N) is 1. The molecule has 2 atom stereocenters. The van der Waals surface area contributed by atoms with Crippen LogP contribution in [-0.4, -0.2) is 35.7 Å². The van der Waals surface area contributed by atoms with Crippen molar-refractivity contribution in [3.63, 3.8) is 0 Å². The van der Waals surface area contributed by atoms with Crippen molar-refractivity contribution in [1.29, 1.82) is 0 Å². The molecule has 0 bridgehead atoms. The predicted molar refractivity (Wildman–Crippen MR) is 78.7 cm³/mol. The number of benzene rings is 1. The number of likely N-dealkylation sites (tertiary alicyclic amines) is 1. The number of hydrogen-bond acceptors (Lipinski definition) is 3. The Hall–Kier alpha value is -0.900. The highest BCUT2D eigenvalue weighted by atomic mass is 16.3. The summed E-state index contributed by atoms with van der Waals surface area (Å²) < 4.78 is 0. The van der Waals surface area contributed by atoms with Gasteiger partial charge in [0.25, 0.3) is 0 Å². The first-order valence-electron chi connectivity index (χ1n) is 7.42. The zero-order chi connectivity index (χ0) is 13.5. The highest BCUT2D eigenvalue weighted by Gasteiger charge is 2.19. The first-order valence-corrected chi connectivity index (χ1v) is 7.42. The van der Waals surface area contributed by atoms with Gasteiger partial charge in [-0.1, -0.05) is 30.3 Å². The van der Waals surface area contributed by atoms with Gasteiger partial charge in [0.1, 0.15) is 0 Å². The van der Waals surface area contributed by atoms with Crippen LogP contribution >= 0.6 is 0 Å². The second-order valence-corrected chi connectivity index (χ2v) is 5.68. The third-order valence-electron chi connectivity index (χ3n) is 4.07. The summed E-state index contributed by atoms with van der Waals surface area (Å²) in [7, 11) is 0. The van der Waals surface area contributed by atoms with Crippen LogP contribution in [0.2, 0.25) is 0 Å². The maximum atomic E-state index is 9.66. The molecule has 1 aromatic carbocycles. The Bertz CT molecular complexity index is 355. The van der Waals surface area contributed by atoms with Gasteiger partial charge >= 0.3 is 0 Å². The van der Waals surface area contributed by atoms with Crippen LogP contribution in [0.15, 0.2) is 30.3 Å². The lowest BCUT2D eigenvalue weighted by atomic mass is 9.94. The second-order valence-electron chi connectivity index (χ2n) is 5.68. The molecule has 0 aliphatic carbocycles. The van der Waals surface area contributed by atoms with Crippen molar-refractivity contribution < 1.29 is 5.11 Å². The normalized spacial score (nSPS) is 22.9. The second kappa shape index (κ2) is 7.63. The van der Waals surface area contributed by atoms with Gasteiger partial charge < -0.3 is 10.8 Å². The molecule has 3 nitrogen and oxygen atoms in total. The van der Waals surface area contributed by atoms with Gasteiger partial charge in [-0.2, -0.15) is 0 Å². The zero-order valence-corrected chi connectivity index (χ0v) is 11.7. The summed E-state index contributed by atoms with van der Waals surface area (Å²) in [5, 5.41) is 9.66. The van der Waals surface area contributed by atoms with Crippen LogP contribution in [0.4, 0.5) is 0 Å². The van der Waals surface area contributed by atoms with Crippen molar-refractivity contribution in [2.24, 2.45) is 11.7 Å². The van der Waals surface area contributed by atoms with Crippen molar-refractivity contribution in [1.82, 2.24) is 4.90 Å². The van der Waals surface area contributed by atoms with E-state index in [0.717, 1.165) is 19.5 Å². The zero-order valence-electron chi connectivity index (χ0n) is 11.7. The van der Waals surface area contributed by atoms with E-state index in [-0.39, 0.29) is 6.10 Å². The molecule has 0 aromatic heterocycles. The van der Waals surface area contributed by atoms with E-state index in [2.05, 4.69) is 35.2 Å². The first-order chi connectivity index (χ1) is 9.28. The van der Waals surface area contributed by atoms with Crippen LogP contribution < -0.4 is 5.73 Å². The molecule has 0 spiro atoms. The maximum absolute atomic E-state index is 9.66. The molecule has 2 unspecified atom stereocenters. The Morgan fingerprint density at radius 2 is 2.00 bits per heavy atom. The molecule has 0 saturated carbocycles. The molecule has 106 valence electrons. The number of aliphatic hydroxyl groups excluding tert-OH is 1. The summed E-state index contributed by atoms with van der Waals surface area (Å²) in [6.07, 6.45) is 4.20. The Morgan fingerprint density at radius 3 is 2.74 bits per heavy atom. The minimum Gasteiger partial charge on any atom is -0.392 e.